The number of hydrogen-bond acceptors (Lipinski definition) is 3. The van der Waals surface area contributed by atoms with Crippen molar-refractivity contribution in [3.63, 3.8) is 0 Å². The van der Waals surface area contributed by atoms with Crippen molar-refractivity contribution < 1.29 is 19.4 Å². The zero-order chi connectivity index (χ0) is 13.8. The summed E-state index contributed by atoms with van der Waals surface area (Å²) in [7, 11) is 1.50. The largest absolute Gasteiger partial charge is 0.481 e. The van der Waals surface area contributed by atoms with Crippen LogP contribution in [0.15, 0.2) is 0 Å². The lowest BCUT2D eigenvalue weighted by Crippen LogP contribution is -2.55. The topological polar surface area (TPSA) is 75.6 Å². The predicted octanol–water partition coefficient (Wildman–Crippen LogP) is 1.71. The van der Waals surface area contributed by atoms with E-state index in [1.54, 1.807) is 6.92 Å². The third-order valence-electron chi connectivity index (χ3n) is 4.03. The molecule has 0 aliphatic heterocycles. The van der Waals surface area contributed by atoms with Gasteiger partial charge in [0.2, 0.25) is 0 Å². The van der Waals surface area contributed by atoms with Crippen LogP contribution in [0.5, 0.6) is 0 Å². The van der Waals surface area contributed by atoms with Crippen LogP contribution in [-0.2, 0) is 14.3 Å². The molecule has 1 aliphatic rings. The maximum atomic E-state index is 12.2. The van der Waals surface area contributed by atoms with Gasteiger partial charge in [0.15, 0.2) is 0 Å². The molecule has 1 unspecified atom stereocenters. The molecular weight excluding hydrogens is 234 g/mol. The second kappa shape index (κ2) is 5.69. The van der Waals surface area contributed by atoms with Crippen LogP contribution in [0.4, 0.5) is 0 Å². The third kappa shape index (κ3) is 3.22. The Kier molecular flexibility index (Phi) is 4.73. The van der Waals surface area contributed by atoms with Crippen LogP contribution in [0.25, 0.3) is 0 Å². The molecule has 0 aromatic carbocycles. The molecule has 104 valence electrons. The van der Waals surface area contributed by atoms with Crippen molar-refractivity contribution in [3.05, 3.63) is 0 Å². The molecule has 1 aliphatic carbocycles. The lowest BCUT2D eigenvalue weighted by atomic mass is 9.91. The number of hydrogen-bond donors (Lipinski definition) is 2. The number of carbonyl (C=O) groups excluding carboxylic acids is 1. The van der Waals surface area contributed by atoms with Crippen LogP contribution in [0.3, 0.4) is 0 Å². The number of methoxy groups -OCH3 is 1. The second-order valence-corrected chi connectivity index (χ2v) is 5.30. The molecule has 0 radical (unpaired) electrons. The highest BCUT2D eigenvalue weighted by Crippen LogP contribution is 2.33. The summed E-state index contributed by atoms with van der Waals surface area (Å²) in [4.78, 5) is 23.2. The maximum absolute atomic E-state index is 12.2. The number of carboxylic acids is 1. The van der Waals surface area contributed by atoms with E-state index in [0.29, 0.717) is 6.42 Å². The van der Waals surface area contributed by atoms with Gasteiger partial charge in [-0.05, 0) is 26.2 Å². The molecule has 1 fully saturated rings. The Morgan fingerprint density at radius 2 is 1.94 bits per heavy atom. The molecule has 1 saturated carbocycles. The molecule has 0 heterocycles. The summed E-state index contributed by atoms with van der Waals surface area (Å²) in [5.41, 5.74) is -1.47. The number of aliphatic carboxylic acids is 1. The zero-order valence-electron chi connectivity index (χ0n) is 11.4. The van der Waals surface area contributed by atoms with Crippen LogP contribution >= 0.6 is 0 Å². The van der Waals surface area contributed by atoms with E-state index in [9.17, 15) is 9.59 Å². The first kappa shape index (κ1) is 15.0. The summed E-state index contributed by atoms with van der Waals surface area (Å²) in [6.45, 7) is 3.60. The number of rotatable bonds is 6. The van der Waals surface area contributed by atoms with Crippen LogP contribution in [0.1, 0.15) is 52.4 Å². The Morgan fingerprint density at radius 1 is 1.39 bits per heavy atom. The third-order valence-corrected chi connectivity index (χ3v) is 4.03. The van der Waals surface area contributed by atoms with Crippen LogP contribution in [0.2, 0.25) is 0 Å². The van der Waals surface area contributed by atoms with Gasteiger partial charge >= 0.3 is 5.97 Å². The van der Waals surface area contributed by atoms with Crippen molar-refractivity contribution in [3.8, 4) is 0 Å². The molecule has 0 spiro atoms. The van der Waals surface area contributed by atoms with Gasteiger partial charge in [-0.2, -0.15) is 0 Å². The monoisotopic (exact) mass is 257 g/mol. The first-order valence-electron chi connectivity index (χ1n) is 6.47. The minimum Gasteiger partial charge on any atom is -0.481 e. The summed E-state index contributed by atoms with van der Waals surface area (Å²) in [6.07, 6.45) is 3.93. The molecular formula is C13H23NO4. The minimum absolute atomic E-state index is 0.0117. The average Bonchev–Trinajstić information content (AvgIpc) is 2.75. The standard InChI is InChI=1S/C13H23NO4/c1-4-12(2,18-3)11(17)14-13(9-10(15)16)7-5-6-8-13/h4-9H2,1-3H3,(H,14,17)(H,15,16). The van der Waals surface area contributed by atoms with E-state index in [1.165, 1.54) is 7.11 Å². The fraction of sp³-hybridized carbons (Fsp3) is 0.846. The number of amides is 1. The van der Waals surface area contributed by atoms with Crippen LogP contribution in [-0.4, -0.2) is 35.2 Å². The van der Waals surface area contributed by atoms with E-state index in [4.69, 9.17) is 9.84 Å². The SMILES string of the molecule is CCC(C)(OC)C(=O)NC1(CC(=O)O)CCCC1. The van der Waals surface area contributed by atoms with Crippen molar-refractivity contribution in [1.29, 1.82) is 0 Å². The Hall–Kier alpha value is -1.10. The summed E-state index contributed by atoms with van der Waals surface area (Å²) in [5, 5.41) is 11.9. The van der Waals surface area contributed by atoms with Crippen molar-refractivity contribution in [2.24, 2.45) is 0 Å². The average molecular weight is 257 g/mol. The first-order valence-corrected chi connectivity index (χ1v) is 6.47. The Morgan fingerprint density at radius 3 is 2.33 bits per heavy atom. The number of carbonyl (C=O) groups is 2. The van der Waals surface area contributed by atoms with Gasteiger partial charge in [-0.1, -0.05) is 19.8 Å². The van der Waals surface area contributed by atoms with Crippen molar-refractivity contribution in [2.45, 2.75) is 63.5 Å². The maximum Gasteiger partial charge on any atom is 0.305 e. The molecule has 18 heavy (non-hydrogen) atoms. The smallest absolute Gasteiger partial charge is 0.305 e. The lowest BCUT2D eigenvalue weighted by Gasteiger charge is -2.34. The van der Waals surface area contributed by atoms with Gasteiger partial charge in [0, 0.05) is 7.11 Å². The first-order chi connectivity index (χ1) is 8.37. The normalized spacial score (nSPS) is 21.3. The lowest BCUT2D eigenvalue weighted by molar-refractivity contribution is -0.145. The second-order valence-electron chi connectivity index (χ2n) is 5.30. The zero-order valence-corrected chi connectivity index (χ0v) is 11.4. The molecule has 0 aromatic heterocycles. The van der Waals surface area contributed by atoms with Gasteiger partial charge in [0.1, 0.15) is 5.60 Å². The van der Waals surface area contributed by atoms with E-state index in [2.05, 4.69) is 5.32 Å². The molecule has 0 aromatic rings. The minimum atomic E-state index is -0.881. The summed E-state index contributed by atoms with van der Waals surface area (Å²) < 4.78 is 5.25. The Bertz CT molecular complexity index is 317. The molecule has 1 amide bonds. The van der Waals surface area contributed by atoms with Crippen molar-refractivity contribution in [2.75, 3.05) is 7.11 Å². The fourth-order valence-electron chi connectivity index (χ4n) is 2.46. The van der Waals surface area contributed by atoms with Gasteiger partial charge in [0.25, 0.3) is 5.91 Å². The molecule has 0 bridgehead atoms. The van der Waals surface area contributed by atoms with E-state index >= 15 is 0 Å². The van der Waals surface area contributed by atoms with Gasteiger partial charge < -0.3 is 15.2 Å². The van der Waals surface area contributed by atoms with E-state index in [1.807, 2.05) is 6.92 Å². The van der Waals surface area contributed by atoms with Gasteiger partial charge in [-0.15, -0.1) is 0 Å². The van der Waals surface area contributed by atoms with Crippen molar-refractivity contribution >= 4 is 11.9 Å². The summed E-state index contributed by atoms with van der Waals surface area (Å²) >= 11 is 0. The van der Waals surface area contributed by atoms with Crippen LogP contribution in [0, 0.1) is 0 Å². The fourth-order valence-corrected chi connectivity index (χ4v) is 2.46. The highest BCUT2D eigenvalue weighted by molar-refractivity contribution is 5.86. The van der Waals surface area contributed by atoms with Crippen molar-refractivity contribution in [1.82, 2.24) is 5.32 Å². The summed E-state index contributed by atoms with van der Waals surface area (Å²) in [5.74, 6) is -1.08. The predicted molar refractivity (Wildman–Crippen MR) is 67.3 cm³/mol. The van der Waals surface area contributed by atoms with Gasteiger partial charge in [-0.3, -0.25) is 9.59 Å². The highest BCUT2D eigenvalue weighted by Gasteiger charge is 2.41. The molecule has 2 N–H and O–H groups in total. The molecule has 1 rings (SSSR count). The Balaban J connectivity index is 2.78. The van der Waals surface area contributed by atoms with E-state index in [0.717, 1.165) is 25.7 Å². The molecule has 0 saturated heterocycles. The summed E-state index contributed by atoms with van der Waals surface area (Å²) in [6, 6.07) is 0. The number of ether oxygens (including phenoxy) is 1. The molecule has 5 nitrogen and oxygen atoms in total. The van der Waals surface area contributed by atoms with Gasteiger partial charge in [0.05, 0.1) is 12.0 Å². The number of nitrogens with one attached hydrogen (secondary N) is 1. The van der Waals surface area contributed by atoms with E-state index in [-0.39, 0.29) is 12.3 Å². The van der Waals surface area contributed by atoms with E-state index < -0.39 is 17.1 Å². The van der Waals surface area contributed by atoms with Gasteiger partial charge in [-0.25, -0.2) is 0 Å². The Labute approximate surface area is 108 Å². The molecule has 5 heteroatoms. The quantitative estimate of drug-likeness (QED) is 0.759. The number of carboxylic acid groups (broad SMARTS) is 1. The molecule has 1 atom stereocenters. The van der Waals surface area contributed by atoms with Crippen LogP contribution < -0.4 is 5.32 Å². The highest BCUT2D eigenvalue weighted by atomic mass is 16.5.